The molecule has 0 fully saturated rings. The molecular formula is C20H22N2O4. The van der Waals surface area contributed by atoms with Crippen LogP contribution in [0.25, 0.3) is 0 Å². The second-order valence-corrected chi connectivity index (χ2v) is 6.14. The van der Waals surface area contributed by atoms with Gasteiger partial charge in [0.15, 0.2) is 11.5 Å². The summed E-state index contributed by atoms with van der Waals surface area (Å²) in [5, 5.41) is 2.90. The fourth-order valence-electron chi connectivity index (χ4n) is 3.18. The zero-order valence-corrected chi connectivity index (χ0v) is 15.2. The Hall–Kier alpha value is -3.02. The Morgan fingerprint density at radius 3 is 2.50 bits per heavy atom. The highest BCUT2D eigenvalue weighted by Gasteiger charge is 2.20. The Kier molecular flexibility index (Phi) is 5.11. The van der Waals surface area contributed by atoms with Crippen LogP contribution >= 0.6 is 0 Å². The van der Waals surface area contributed by atoms with E-state index in [0.29, 0.717) is 22.7 Å². The van der Waals surface area contributed by atoms with Crippen LogP contribution in [0.15, 0.2) is 36.4 Å². The first-order valence-corrected chi connectivity index (χ1v) is 8.48. The molecule has 0 bridgehead atoms. The van der Waals surface area contributed by atoms with Crippen molar-refractivity contribution in [1.29, 1.82) is 0 Å². The lowest BCUT2D eigenvalue weighted by Gasteiger charge is -2.29. The average molecular weight is 354 g/mol. The monoisotopic (exact) mass is 354 g/mol. The van der Waals surface area contributed by atoms with Crippen LogP contribution in [0.2, 0.25) is 0 Å². The quantitative estimate of drug-likeness (QED) is 0.915. The number of hydrogen-bond acceptors (Lipinski definition) is 4. The molecule has 1 aliphatic rings. The van der Waals surface area contributed by atoms with E-state index < -0.39 is 0 Å². The van der Waals surface area contributed by atoms with Crippen molar-refractivity contribution in [3.8, 4) is 11.5 Å². The number of carbonyl (C=O) groups is 2. The molecule has 1 N–H and O–H groups in total. The molecule has 0 aromatic heterocycles. The Balaban J connectivity index is 1.81. The summed E-state index contributed by atoms with van der Waals surface area (Å²) < 4.78 is 10.4. The summed E-state index contributed by atoms with van der Waals surface area (Å²) >= 11 is 0. The van der Waals surface area contributed by atoms with Crippen molar-refractivity contribution in [3.63, 3.8) is 0 Å². The highest BCUT2D eigenvalue weighted by atomic mass is 16.5. The van der Waals surface area contributed by atoms with Crippen LogP contribution in [0, 0.1) is 0 Å². The van der Waals surface area contributed by atoms with Gasteiger partial charge in [0.05, 0.1) is 14.2 Å². The number of benzene rings is 2. The third-order valence-electron chi connectivity index (χ3n) is 4.48. The molecule has 6 nitrogen and oxygen atoms in total. The molecule has 2 aromatic carbocycles. The van der Waals surface area contributed by atoms with Gasteiger partial charge in [-0.25, -0.2) is 0 Å². The first-order valence-electron chi connectivity index (χ1n) is 8.48. The van der Waals surface area contributed by atoms with Gasteiger partial charge in [-0.1, -0.05) is 0 Å². The van der Waals surface area contributed by atoms with Crippen molar-refractivity contribution < 1.29 is 19.1 Å². The summed E-state index contributed by atoms with van der Waals surface area (Å²) in [6.45, 7) is 2.31. The molecule has 0 aliphatic carbocycles. The van der Waals surface area contributed by atoms with E-state index in [1.54, 1.807) is 37.1 Å². The average Bonchev–Trinajstić information content (AvgIpc) is 2.66. The molecular weight excluding hydrogens is 332 g/mol. The summed E-state index contributed by atoms with van der Waals surface area (Å²) in [5.74, 6) is 0.878. The topological polar surface area (TPSA) is 67.9 Å². The Morgan fingerprint density at radius 2 is 1.81 bits per heavy atom. The standard InChI is InChI=1S/C20H22N2O4/c1-13(23)22-10-4-5-14-11-16(7-8-17(14)22)21-20(24)15-6-9-18(25-2)19(12-15)26-3/h6-9,11-12H,4-5,10H2,1-3H3,(H,21,24). The van der Waals surface area contributed by atoms with Crippen LogP contribution in [0.3, 0.4) is 0 Å². The van der Waals surface area contributed by atoms with Gasteiger partial charge in [-0.3, -0.25) is 9.59 Å². The molecule has 3 rings (SSSR count). The van der Waals surface area contributed by atoms with E-state index in [-0.39, 0.29) is 11.8 Å². The van der Waals surface area contributed by atoms with Gasteiger partial charge in [-0.2, -0.15) is 0 Å². The first kappa shape index (κ1) is 17.8. The molecule has 26 heavy (non-hydrogen) atoms. The molecule has 1 heterocycles. The molecule has 6 heteroatoms. The lowest BCUT2D eigenvalue weighted by atomic mass is 10.0. The SMILES string of the molecule is COc1ccc(C(=O)Nc2ccc3c(c2)CCCN3C(C)=O)cc1OC. The highest BCUT2D eigenvalue weighted by Crippen LogP contribution is 2.31. The van der Waals surface area contributed by atoms with Gasteiger partial charge in [0.1, 0.15) is 0 Å². The summed E-state index contributed by atoms with van der Waals surface area (Å²) in [4.78, 5) is 26.1. The maximum Gasteiger partial charge on any atom is 0.255 e. The number of ether oxygens (including phenoxy) is 2. The fraction of sp³-hybridized carbons (Fsp3) is 0.300. The number of hydrogen-bond donors (Lipinski definition) is 1. The molecule has 136 valence electrons. The minimum atomic E-state index is -0.231. The van der Waals surface area contributed by atoms with Gasteiger partial charge in [0.25, 0.3) is 5.91 Å². The fourth-order valence-corrected chi connectivity index (χ4v) is 3.18. The van der Waals surface area contributed by atoms with Crippen LogP contribution in [-0.4, -0.2) is 32.6 Å². The van der Waals surface area contributed by atoms with Crippen molar-refractivity contribution >= 4 is 23.2 Å². The van der Waals surface area contributed by atoms with Crippen LogP contribution < -0.4 is 19.7 Å². The number of nitrogens with zero attached hydrogens (tertiary/aromatic N) is 1. The molecule has 0 unspecified atom stereocenters. The van der Waals surface area contributed by atoms with Gasteiger partial charge in [0.2, 0.25) is 5.91 Å². The van der Waals surface area contributed by atoms with Crippen molar-refractivity contribution in [3.05, 3.63) is 47.5 Å². The molecule has 0 saturated heterocycles. The van der Waals surface area contributed by atoms with Crippen LogP contribution in [-0.2, 0) is 11.2 Å². The minimum absolute atomic E-state index is 0.0352. The number of anilines is 2. The second kappa shape index (κ2) is 7.47. The van der Waals surface area contributed by atoms with E-state index in [1.807, 2.05) is 18.2 Å². The predicted octanol–water partition coefficient (Wildman–Crippen LogP) is 3.26. The number of nitrogens with one attached hydrogen (secondary N) is 1. The number of aryl methyl sites for hydroxylation is 1. The Morgan fingerprint density at radius 1 is 1.04 bits per heavy atom. The van der Waals surface area contributed by atoms with Crippen molar-refractivity contribution in [2.45, 2.75) is 19.8 Å². The summed E-state index contributed by atoms with van der Waals surface area (Å²) in [6, 6.07) is 10.7. The predicted molar refractivity (Wildman–Crippen MR) is 100 cm³/mol. The lowest BCUT2D eigenvalue weighted by molar-refractivity contribution is -0.116. The summed E-state index contributed by atoms with van der Waals surface area (Å²) in [6.07, 6.45) is 1.80. The van der Waals surface area contributed by atoms with E-state index >= 15 is 0 Å². The van der Waals surface area contributed by atoms with Gasteiger partial charge in [-0.05, 0) is 54.8 Å². The summed E-state index contributed by atoms with van der Waals surface area (Å²) in [5.41, 5.74) is 3.17. The van der Waals surface area contributed by atoms with E-state index in [0.717, 1.165) is 30.6 Å². The number of rotatable bonds is 4. The largest absolute Gasteiger partial charge is 0.493 e. The van der Waals surface area contributed by atoms with Gasteiger partial charge in [-0.15, -0.1) is 0 Å². The number of carbonyl (C=O) groups excluding carboxylic acids is 2. The maximum atomic E-state index is 12.6. The van der Waals surface area contributed by atoms with Crippen LogP contribution in [0.4, 0.5) is 11.4 Å². The molecule has 2 aromatic rings. The van der Waals surface area contributed by atoms with Gasteiger partial charge < -0.3 is 19.7 Å². The van der Waals surface area contributed by atoms with Gasteiger partial charge >= 0.3 is 0 Å². The van der Waals surface area contributed by atoms with Crippen molar-refractivity contribution in [1.82, 2.24) is 0 Å². The third-order valence-corrected chi connectivity index (χ3v) is 4.48. The van der Waals surface area contributed by atoms with E-state index in [2.05, 4.69) is 5.32 Å². The van der Waals surface area contributed by atoms with E-state index in [4.69, 9.17) is 9.47 Å². The van der Waals surface area contributed by atoms with E-state index in [9.17, 15) is 9.59 Å². The molecule has 2 amide bonds. The highest BCUT2D eigenvalue weighted by molar-refractivity contribution is 6.05. The minimum Gasteiger partial charge on any atom is -0.493 e. The molecule has 0 radical (unpaired) electrons. The smallest absolute Gasteiger partial charge is 0.255 e. The Bertz CT molecular complexity index is 848. The maximum absolute atomic E-state index is 12.6. The van der Waals surface area contributed by atoms with E-state index in [1.165, 1.54) is 7.11 Å². The lowest BCUT2D eigenvalue weighted by Crippen LogP contribution is -2.33. The first-order chi connectivity index (χ1) is 12.5. The molecule has 0 saturated carbocycles. The summed E-state index contributed by atoms with van der Waals surface area (Å²) in [7, 11) is 3.08. The van der Waals surface area contributed by atoms with Crippen LogP contribution in [0.5, 0.6) is 11.5 Å². The Labute approximate surface area is 152 Å². The molecule has 0 spiro atoms. The zero-order chi connectivity index (χ0) is 18.7. The number of methoxy groups -OCH3 is 2. The van der Waals surface area contributed by atoms with Crippen LogP contribution in [0.1, 0.15) is 29.3 Å². The number of amides is 2. The van der Waals surface area contributed by atoms with Crippen molar-refractivity contribution in [2.75, 3.05) is 31.0 Å². The zero-order valence-electron chi connectivity index (χ0n) is 15.2. The number of fused-ring (bicyclic) bond motifs is 1. The molecule has 0 atom stereocenters. The second-order valence-electron chi connectivity index (χ2n) is 6.14. The normalized spacial score (nSPS) is 13.0. The third kappa shape index (κ3) is 3.49. The van der Waals surface area contributed by atoms with Crippen molar-refractivity contribution in [2.24, 2.45) is 0 Å². The van der Waals surface area contributed by atoms with Gasteiger partial charge in [0, 0.05) is 30.4 Å². The molecule has 1 aliphatic heterocycles.